The van der Waals surface area contributed by atoms with Crippen molar-refractivity contribution in [3.8, 4) is 0 Å². The van der Waals surface area contributed by atoms with E-state index < -0.39 is 0 Å². The van der Waals surface area contributed by atoms with E-state index in [1.54, 1.807) is 0 Å². The molecule has 0 aromatic carbocycles. The van der Waals surface area contributed by atoms with Gasteiger partial charge in [0.15, 0.2) is 0 Å². The molecule has 1 aliphatic rings. The van der Waals surface area contributed by atoms with Gasteiger partial charge in [-0.2, -0.15) is 0 Å². The molecular weight excluding hydrogens is 264 g/mol. The Morgan fingerprint density at radius 1 is 1.19 bits per heavy atom. The third-order valence-electron chi connectivity index (χ3n) is 4.10. The molecule has 0 amide bonds. The summed E-state index contributed by atoms with van der Waals surface area (Å²) in [5.41, 5.74) is 1.94. The van der Waals surface area contributed by atoms with E-state index in [0.717, 1.165) is 43.4 Å². The Morgan fingerprint density at radius 3 is 2.29 bits per heavy atom. The first-order valence-electron chi connectivity index (χ1n) is 7.79. The molecule has 0 spiro atoms. The minimum Gasteiger partial charge on any atom is -0.390 e. The lowest BCUT2D eigenvalue weighted by Crippen LogP contribution is -2.53. The van der Waals surface area contributed by atoms with Crippen LogP contribution in [0.15, 0.2) is 6.20 Å². The van der Waals surface area contributed by atoms with Crippen molar-refractivity contribution in [2.45, 2.75) is 52.7 Å². The van der Waals surface area contributed by atoms with Gasteiger partial charge in [0.05, 0.1) is 24.2 Å². The van der Waals surface area contributed by atoms with Crippen molar-refractivity contribution in [2.75, 3.05) is 31.1 Å². The molecular formula is C16H28N4O. The average Bonchev–Trinajstić information content (AvgIpc) is 2.45. The molecule has 0 unspecified atom stereocenters. The van der Waals surface area contributed by atoms with Gasteiger partial charge in [-0.3, -0.25) is 4.90 Å². The highest BCUT2D eigenvalue weighted by molar-refractivity contribution is 5.49. The second-order valence-corrected chi connectivity index (χ2v) is 7.02. The molecule has 1 fully saturated rings. The fourth-order valence-electron chi connectivity index (χ4n) is 2.70. The van der Waals surface area contributed by atoms with Gasteiger partial charge in [0.2, 0.25) is 0 Å². The number of anilines is 1. The van der Waals surface area contributed by atoms with Gasteiger partial charge in [-0.25, -0.2) is 9.97 Å². The summed E-state index contributed by atoms with van der Waals surface area (Å²) in [7, 11) is 0. The number of aliphatic hydroxyl groups excluding tert-OH is 1. The van der Waals surface area contributed by atoms with Crippen molar-refractivity contribution in [2.24, 2.45) is 0 Å². The van der Waals surface area contributed by atoms with Crippen LogP contribution in [0, 0.1) is 0 Å². The highest BCUT2D eigenvalue weighted by Crippen LogP contribution is 2.24. The number of piperazine rings is 1. The zero-order valence-electron chi connectivity index (χ0n) is 13.9. The van der Waals surface area contributed by atoms with Crippen LogP contribution in [-0.4, -0.2) is 51.7 Å². The van der Waals surface area contributed by atoms with Gasteiger partial charge in [-0.15, -0.1) is 0 Å². The summed E-state index contributed by atoms with van der Waals surface area (Å²) in [5.74, 6) is 1.08. The van der Waals surface area contributed by atoms with E-state index in [1.807, 2.05) is 6.20 Å². The number of hydrogen-bond acceptors (Lipinski definition) is 5. The van der Waals surface area contributed by atoms with E-state index in [9.17, 15) is 5.11 Å². The second kappa shape index (κ2) is 6.28. The molecule has 0 saturated carbocycles. The molecule has 21 heavy (non-hydrogen) atoms. The van der Waals surface area contributed by atoms with Gasteiger partial charge >= 0.3 is 0 Å². The standard InChI is InChI=1S/C16H28N4O/c1-12(2)15-17-10-14(13(11-21)18-15)19-6-8-20(9-7-19)16(3,4)5/h10,12,21H,6-9,11H2,1-5H3. The lowest BCUT2D eigenvalue weighted by atomic mass is 10.0. The molecule has 0 aliphatic carbocycles. The van der Waals surface area contributed by atoms with Crippen LogP contribution in [-0.2, 0) is 6.61 Å². The van der Waals surface area contributed by atoms with Gasteiger partial charge in [-0.1, -0.05) is 13.8 Å². The van der Waals surface area contributed by atoms with Gasteiger partial charge in [0.25, 0.3) is 0 Å². The maximum Gasteiger partial charge on any atom is 0.131 e. The Labute approximate surface area is 128 Å². The van der Waals surface area contributed by atoms with Crippen molar-refractivity contribution in [1.82, 2.24) is 14.9 Å². The number of nitrogens with zero attached hydrogens (tertiary/aromatic N) is 4. The zero-order chi connectivity index (χ0) is 15.6. The van der Waals surface area contributed by atoms with Gasteiger partial charge in [0.1, 0.15) is 5.82 Å². The van der Waals surface area contributed by atoms with Crippen molar-refractivity contribution in [3.63, 3.8) is 0 Å². The third kappa shape index (κ3) is 3.71. The smallest absolute Gasteiger partial charge is 0.131 e. The fraction of sp³-hybridized carbons (Fsp3) is 0.750. The number of aromatic nitrogens is 2. The van der Waals surface area contributed by atoms with Gasteiger partial charge < -0.3 is 10.0 Å². The van der Waals surface area contributed by atoms with Crippen LogP contribution in [0.2, 0.25) is 0 Å². The number of rotatable bonds is 3. The van der Waals surface area contributed by atoms with E-state index in [0.29, 0.717) is 0 Å². The van der Waals surface area contributed by atoms with E-state index >= 15 is 0 Å². The highest BCUT2D eigenvalue weighted by Gasteiger charge is 2.27. The monoisotopic (exact) mass is 292 g/mol. The molecule has 1 aliphatic heterocycles. The summed E-state index contributed by atoms with van der Waals surface area (Å²) >= 11 is 0. The zero-order valence-corrected chi connectivity index (χ0v) is 13.9. The summed E-state index contributed by atoms with van der Waals surface area (Å²) in [5, 5.41) is 9.61. The van der Waals surface area contributed by atoms with Crippen LogP contribution in [0.25, 0.3) is 0 Å². The van der Waals surface area contributed by atoms with Crippen LogP contribution in [0.4, 0.5) is 5.69 Å². The Hall–Kier alpha value is -1.20. The molecule has 0 radical (unpaired) electrons. The van der Waals surface area contributed by atoms with Crippen molar-refractivity contribution >= 4 is 5.69 Å². The Balaban J connectivity index is 2.13. The molecule has 1 saturated heterocycles. The molecule has 1 aromatic rings. The van der Waals surface area contributed by atoms with E-state index in [4.69, 9.17) is 0 Å². The fourth-order valence-corrected chi connectivity index (χ4v) is 2.70. The third-order valence-corrected chi connectivity index (χ3v) is 4.10. The summed E-state index contributed by atoms with van der Waals surface area (Å²) < 4.78 is 0. The minimum absolute atomic E-state index is 0.0307. The SMILES string of the molecule is CC(C)c1ncc(N2CCN(C(C)(C)C)CC2)c(CO)n1. The molecule has 1 aromatic heterocycles. The summed E-state index contributed by atoms with van der Waals surface area (Å²) in [6.45, 7) is 14.8. The van der Waals surface area contributed by atoms with Crippen LogP contribution in [0.5, 0.6) is 0 Å². The van der Waals surface area contributed by atoms with Crippen molar-refractivity contribution < 1.29 is 5.11 Å². The maximum atomic E-state index is 9.61. The van der Waals surface area contributed by atoms with Crippen LogP contribution in [0.1, 0.15) is 52.1 Å². The lowest BCUT2D eigenvalue weighted by molar-refractivity contribution is 0.128. The first-order valence-corrected chi connectivity index (χ1v) is 7.79. The predicted octanol–water partition coefficient (Wildman–Crippen LogP) is 2.01. The highest BCUT2D eigenvalue weighted by atomic mass is 16.3. The van der Waals surface area contributed by atoms with Crippen molar-refractivity contribution in [1.29, 1.82) is 0 Å². The molecule has 1 N–H and O–H groups in total. The normalized spacial score (nSPS) is 17.6. The lowest BCUT2D eigenvalue weighted by Gasteiger charge is -2.43. The van der Waals surface area contributed by atoms with Gasteiger partial charge in [-0.05, 0) is 20.8 Å². The van der Waals surface area contributed by atoms with Crippen molar-refractivity contribution in [3.05, 3.63) is 17.7 Å². The average molecular weight is 292 g/mol. The first kappa shape index (κ1) is 16.2. The Morgan fingerprint density at radius 2 is 1.81 bits per heavy atom. The second-order valence-electron chi connectivity index (χ2n) is 7.02. The molecule has 5 heteroatoms. The minimum atomic E-state index is -0.0307. The molecule has 2 rings (SSSR count). The Kier molecular flexibility index (Phi) is 4.84. The van der Waals surface area contributed by atoms with Crippen LogP contribution >= 0.6 is 0 Å². The molecule has 5 nitrogen and oxygen atoms in total. The number of hydrogen-bond donors (Lipinski definition) is 1. The van der Waals surface area contributed by atoms with E-state index in [2.05, 4.69) is 54.4 Å². The van der Waals surface area contributed by atoms with E-state index in [-0.39, 0.29) is 18.1 Å². The summed E-state index contributed by atoms with van der Waals surface area (Å²) in [4.78, 5) is 13.8. The quantitative estimate of drug-likeness (QED) is 0.923. The van der Waals surface area contributed by atoms with E-state index in [1.165, 1.54) is 0 Å². The molecule has 0 atom stereocenters. The van der Waals surface area contributed by atoms with Gasteiger partial charge in [0, 0.05) is 37.6 Å². The molecule has 0 bridgehead atoms. The molecule has 2 heterocycles. The molecule has 118 valence electrons. The van der Waals surface area contributed by atoms with Crippen LogP contribution < -0.4 is 4.90 Å². The largest absolute Gasteiger partial charge is 0.390 e. The Bertz CT molecular complexity index is 474. The van der Waals surface area contributed by atoms with Crippen LogP contribution in [0.3, 0.4) is 0 Å². The topological polar surface area (TPSA) is 52.5 Å². The predicted molar refractivity (Wildman–Crippen MR) is 85.6 cm³/mol. The first-order chi connectivity index (χ1) is 9.82. The summed E-state index contributed by atoms with van der Waals surface area (Å²) in [6, 6.07) is 0. The number of aliphatic hydroxyl groups is 1. The maximum absolute atomic E-state index is 9.61. The summed E-state index contributed by atoms with van der Waals surface area (Å²) in [6.07, 6.45) is 1.88.